The first-order valence-corrected chi connectivity index (χ1v) is 9.16. The predicted molar refractivity (Wildman–Crippen MR) is 97.7 cm³/mol. The SMILES string of the molecule is COC1OC(CN(N)/C=C(\N)c2nc(C)c(C(C)C)s2)C(O)C(O)C1O. The zero-order valence-electron chi connectivity index (χ0n) is 15.4. The van der Waals surface area contributed by atoms with Crippen molar-refractivity contribution in [3.8, 4) is 0 Å². The number of thiazole rings is 1. The maximum atomic E-state index is 10.1. The number of nitrogens with two attached hydrogens (primary N) is 2. The number of ether oxygens (including phenoxy) is 2. The summed E-state index contributed by atoms with van der Waals surface area (Å²) in [6, 6.07) is 0. The molecule has 0 bridgehead atoms. The van der Waals surface area contributed by atoms with Gasteiger partial charge in [-0.2, -0.15) is 0 Å². The fraction of sp³-hybridized carbons (Fsp3) is 0.688. The van der Waals surface area contributed by atoms with Crippen LogP contribution in [0.3, 0.4) is 0 Å². The quantitative estimate of drug-likeness (QED) is 0.320. The summed E-state index contributed by atoms with van der Waals surface area (Å²) in [6.45, 7) is 6.15. The Morgan fingerprint density at radius 1 is 1.35 bits per heavy atom. The minimum atomic E-state index is -1.40. The number of hydrazine groups is 1. The van der Waals surface area contributed by atoms with Crippen LogP contribution in [-0.4, -0.2) is 69.7 Å². The average Bonchev–Trinajstić information content (AvgIpc) is 2.97. The Morgan fingerprint density at radius 2 is 2.00 bits per heavy atom. The smallest absolute Gasteiger partial charge is 0.186 e. The molecule has 0 aliphatic carbocycles. The monoisotopic (exact) mass is 388 g/mol. The molecule has 0 spiro atoms. The van der Waals surface area contributed by atoms with Crippen molar-refractivity contribution >= 4 is 17.0 Å². The zero-order valence-corrected chi connectivity index (χ0v) is 16.2. The number of aromatic nitrogens is 1. The highest BCUT2D eigenvalue weighted by Gasteiger charge is 2.44. The van der Waals surface area contributed by atoms with Crippen LogP contribution in [0.5, 0.6) is 0 Å². The summed E-state index contributed by atoms with van der Waals surface area (Å²) in [6.07, 6.45) is -4.47. The van der Waals surface area contributed by atoms with Gasteiger partial charge >= 0.3 is 0 Å². The standard InChI is InChI=1S/C16H28N4O5S/c1-7(2)14-8(3)19-15(26-14)9(17)5-20(18)6-10-11(21)12(22)13(23)16(24-4)25-10/h5,7,10-13,16,21-23H,6,17-18H2,1-4H3/b9-5-. The molecular formula is C16H28N4O5S. The van der Waals surface area contributed by atoms with E-state index in [-0.39, 0.29) is 6.54 Å². The van der Waals surface area contributed by atoms with E-state index in [0.717, 1.165) is 10.6 Å². The van der Waals surface area contributed by atoms with Crippen LogP contribution in [0.2, 0.25) is 0 Å². The molecule has 1 aliphatic rings. The molecule has 2 rings (SSSR count). The molecule has 5 atom stereocenters. The highest BCUT2D eigenvalue weighted by atomic mass is 32.1. The van der Waals surface area contributed by atoms with Crippen molar-refractivity contribution in [2.24, 2.45) is 11.6 Å². The van der Waals surface area contributed by atoms with Gasteiger partial charge in [0.15, 0.2) is 6.29 Å². The van der Waals surface area contributed by atoms with E-state index in [1.165, 1.54) is 29.7 Å². The Labute approximate surface area is 156 Å². The molecule has 26 heavy (non-hydrogen) atoms. The second-order valence-corrected chi connectivity index (χ2v) is 7.69. The maximum absolute atomic E-state index is 10.1. The number of rotatable bonds is 6. The van der Waals surface area contributed by atoms with Crippen LogP contribution in [0.4, 0.5) is 0 Å². The van der Waals surface area contributed by atoms with Crippen molar-refractivity contribution in [3.63, 3.8) is 0 Å². The van der Waals surface area contributed by atoms with E-state index >= 15 is 0 Å². The molecule has 0 amide bonds. The molecule has 7 N–H and O–H groups in total. The highest BCUT2D eigenvalue weighted by molar-refractivity contribution is 7.12. The van der Waals surface area contributed by atoms with Crippen LogP contribution in [0.1, 0.15) is 35.3 Å². The largest absolute Gasteiger partial charge is 0.395 e. The van der Waals surface area contributed by atoms with Gasteiger partial charge < -0.3 is 35.5 Å². The molecule has 0 radical (unpaired) electrons. The number of methoxy groups -OCH3 is 1. The first-order chi connectivity index (χ1) is 12.1. The Morgan fingerprint density at radius 3 is 2.54 bits per heavy atom. The fourth-order valence-corrected chi connectivity index (χ4v) is 3.81. The van der Waals surface area contributed by atoms with Crippen LogP contribution >= 0.6 is 11.3 Å². The molecule has 1 aromatic heterocycles. The summed E-state index contributed by atoms with van der Waals surface area (Å²) in [4.78, 5) is 5.62. The lowest BCUT2D eigenvalue weighted by Gasteiger charge is -2.40. The van der Waals surface area contributed by atoms with Gasteiger partial charge in [0.1, 0.15) is 29.4 Å². The predicted octanol–water partition coefficient (Wildman–Crippen LogP) is -0.538. The van der Waals surface area contributed by atoms with Crippen LogP contribution in [0.15, 0.2) is 6.20 Å². The van der Waals surface area contributed by atoms with Gasteiger partial charge in [0.2, 0.25) is 0 Å². The molecule has 148 valence electrons. The molecule has 0 saturated carbocycles. The van der Waals surface area contributed by atoms with Gasteiger partial charge in [0, 0.05) is 18.2 Å². The Hall–Kier alpha value is -1.27. The van der Waals surface area contributed by atoms with E-state index in [4.69, 9.17) is 21.1 Å². The minimum Gasteiger partial charge on any atom is -0.395 e. The molecule has 1 saturated heterocycles. The second kappa shape index (κ2) is 8.61. The molecule has 1 aliphatic heterocycles. The minimum absolute atomic E-state index is 0.0346. The second-order valence-electron chi connectivity index (χ2n) is 6.66. The molecular weight excluding hydrogens is 360 g/mol. The maximum Gasteiger partial charge on any atom is 0.186 e. The van der Waals surface area contributed by atoms with Crippen LogP contribution in [-0.2, 0) is 9.47 Å². The fourth-order valence-electron chi connectivity index (χ4n) is 2.82. The topological polar surface area (TPSA) is 147 Å². The number of hydrogen-bond donors (Lipinski definition) is 5. The lowest BCUT2D eigenvalue weighted by atomic mass is 9.99. The van der Waals surface area contributed by atoms with Crippen molar-refractivity contribution in [1.82, 2.24) is 9.99 Å². The van der Waals surface area contributed by atoms with Gasteiger partial charge in [0.05, 0.1) is 17.9 Å². The van der Waals surface area contributed by atoms with Crippen molar-refractivity contribution in [3.05, 3.63) is 21.8 Å². The molecule has 2 heterocycles. The number of aliphatic hydroxyl groups is 3. The third-order valence-electron chi connectivity index (χ3n) is 4.20. The van der Waals surface area contributed by atoms with Gasteiger partial charge in [-0.3, -0.25) is 0 Å². The Kier molecular flexibility index (Phi) is 6.97. The van der Waals surface area contributed by atoms with E-state index in [2.05, 4.69) is 18.8 Å². The number of hydrogen-bond acceptors (Lipinski definition) is 10. The Balaban J connectivity index is 2.08. The summed E-state index contributed by atoms with van der Waals surface area (Å²) < 4.78 is 10.4. The van der Waals surface area contributed by atoms with Crippen molar-refractivity contribution < 1.29 is 24.8 Å². The highest BCUT2D eigenvalue weighted by Crippen LogP contribution is 2.28. The number of aliphatic hydroxyl groups excluding tert-OH is 3. The van der Waals surface area contributed by atoms with Crippen LogP contribution in [0, 0.1) is 6.92 Å². The van der Waals surface area contributed by atoms with Crippen LogP contribution in [0.25, 0.3) is 5.70 Å². The number of aryl methyl sites for hydroxylation is 1. The molecule has 5 unspecified atom stereocenters. The van der Waals surface area contributed by atoms with E-state index in [1.54, 1.807) is 0 Å². The van der Waals surface area contributed by atoms with Gasteiger partial charge in [-0.1, -0.05) is 13.8 Å². The van der Waals surface area contributed by atoms with Gasteiger partial charge in [0.25, 0.3) is 0 Å². The van der Waals surface area contributed by atoms with E-state index in [9.17, 15) is 15.3 Å². The first-order valence-electron chi connectivity index (χ1n) is 8.34. The number of nitrogens with zero attached hydrogens (tertiary/aromatic N) is 2. The average molecular weight is 388 g/mol. The lowest BCUT2D eigenvalue weighted by molar-refractivity contribution is -0.291. The third kappa shape index (κ3) is 4.52. The summed E-state index contributed by atoms with van der Waals surface area (Å²) in [7, 11) is 1.34. The molecule has 0 aromatic carbocycles. The van der Waals surface area contributed by atoms with Gasteiger partial charge in [-0.15, -0.1) is 11.3 Å². The lowest BCUT2D eigenvalue weighted by Crippen LogP contribution is -2.60. The molecule has 1 aromatic rings. The first kappa shape index (κ1) is 21.0. The summed E-state index contributed by atoms with van der Waals surface area (Å²) in [5, 5.41) is 31.7. The van der Waals surface area contributed by atoms with Crippen molar-refractivity contribution in [1.29, 1.82) is 0 Å². The van der Waals surface area contributed by atoms with Crippen molar-refractivity contribution in [2.45, 2.75) is 57.4 Å². The molecule has 1 fully saturated rings. The summed E-state index contributed by atoms with van der Waals surface area (Å²) in [5.41, 5.74) is 7.42. The zero-order chi connectivity index (χ0) is 19.6. The van der Waals surface area contributed by atoms with E-state index < -0.39 is 30.7 Å². The molecule has 9 nitrogen and oxygen atoms in total. The van der Waals surface area contributed by atoms with Crippen molar-refractivity contribution in [2.75, 3.05) is 13.7 Å². The molecule has 10 heteroatoms. The third-order valence-corrected chi connectivity index (χ3v) is 5.71. The normalized spacial score (nSPS) is 30.0. The summed E-state index contributed by atoms with van der Waals surface area (Å²) >= 11 is 1.51. The van der Waals surface area contributed by atoms with Gasteiger partial charge in [-0.25, -0.2) is 10.8 Å². The van der Waals surface area contributed by atoms with E-state index in [0.29, 0.717) is 16.6 Å². The van der Waals surface area contributed by atoms with Crippen LogP contribution < -0.4 is 11.6 Å². The van der Waals surface area contributed by atoms with Gasteiger partial charge in [-0.05, 0) is 12.8 Å². The summed E-state index contributed by atoms with van der Waals surface area (Å²) in [5.74, 6) is 6.31. The van der Waals surface area contributed by atoms with E-state index in [1.807, 2.05) is 6.92 Å². The Bertz CT molecular complexity index is 636.